The van der Waals surface area contributed by atoms with Crippen molar-refractivity contribution in [1.29, 1.82) is 0 Å². The smallest absolute Gasteiger partial charge is 0.462 e. The van der Waals surface area contributed by atoms with Crippen LogP contribution in [0.4, 0.5) is 0 Å². The Bertz CT molecular complexity index is 1990. The lowest BCUT2D eigenvalue weighted by molar-refractivity contribution is -0.161. The van der Waals surface area contributed by atoms with Gasteiger partial charge in [-0.25, -0.2) is 9.13 Å². The van der Waals surface area contributed by atoms with Gasteiger partial charge in [-0.2, -0.15) is 0 Å². The first-order chi connectivity index (χ1) is 49.8. The van der Waals surface area contributed by atoms with Crippen LogP contribution in [0.15, 0.2) is 0 Å². The molecule has 0 rings (SSSR count). The lowest BCUT2D eigenvalue weighted by atomic mass is 9.99. The Balaban J connectivity index is 5.24. The molecule has 17 nitrogen and oxygen atoms in total. The molecule has 0 saturated heterocycles. The number of ether oxygens (including phenoxy) is 4. The average Bonchev–Trinajstić information content (AvgIpc) is 0.912. The van der Waals surface area contributed by atoms with E-state index in [0.717, 1.165) is 108 Å². The normalized spacial score (nSPS) is 14.2. The highest BCUT2D eigenvalue weighted by Crippen LogP contribution is 2.45. The van der Waals surface area contributed by atoms with Crippen LogP contribution >= 0.6 is 15.6 Å². The highest BCUT2D eigenvalue weighted by molar-refractivity contribution is 7.47. The monoisotopic (exact) mass is 1510 g/mol. The Kier molecular flexibility index (Phi) is 72.8. The van der Waals surface area contributed by atoms with Crippen LogP contribution in [0.5, 0.6) is 0 Å². The predicted molar refractivity (Wildman–Crippen MR) is 423 cm³/mol. The van der Waals surface area contributed by atoms with Crippen molar-refractivity contribution in [2.45, 2.75) is 458 Å². The summed E-state index contributed by atoms with van der Waals surface area (Å²) >= 11 is 0. The topological polar surface area (TPSA) is 237 Å². The number of esters is 4. The van der Waals surface area contributed by atoms with Crippen LogP contribution < -0.4 is 0 Å². The summed E-state index contributed by atoms with van der Waals surface area (Å²) in [5, 5.41) is 10.7. The van der Waals surface area contributed by atoms with Gasteiger partial charge in [0, 0.05) is 25.7 Å². The van der Waals surface area contributed by atoms with Crippen molar-refractivity contribution in [3.63, 3.8) is 0 Å². The van der Waals surface area contributed by atoms with Crippen molar-refractivity contribution >= 4 is 39.5 Å². The second-order valence-corrected chi connectivity index (χ2v) is 34.3. The van der Waals surface area contributed by atoms with Crippen LogP contribution in [-0.2, 0) is 65.4 Å². The molecule has 103 heavy (non-hydrogen) atoms. The molecule has 0 bridgehead atoms. The summed E-state index contributed by atoms with van der Waals surface area (Å²) in [5.41, 5.74) is 0. The molecule has 0 aliphatic carbocycles. The zero-order valence-corrected chi connectivity index (χ0v) is 69.6. The van der Waals surface area contributed by atoms with E-state index in [4.69, 9.17) is 37.0 Å². The summed E-state index contributed by atoms with van der Waals surface area (Å²) in [6.45, 7) is 12.0. The molecule has 0 amide bonds. The highest BCUT2D eigenvalue weighted by Gasteiger charge is 2.30. The fourth-order valence-corrected chi connectivity index (χ4v) is 14.6. The van der Waals surface area contributed by atoms with E-state index in [0.29, 0.717) is 25.7 Å². The van der Waals surface area contributed by atoms with Gasteiger partial charge in [0.05, 0.1) is 26.4 Å². The van der Waals surface area contributed by atoms with Crippen molar-refractivity contribution in [1.82, 2.24) is 0 Å². The maximum atomic E-state index is 13.1. The second kappa shape index (κ2) is 74.2. The number of hydrogen-bond donors (Lipinski definition) is 3. The van der Waals surface area contributed by atoms with E-state index in [2.05, 4.69) is 48.5 Å². The van der Waals surface area contributed by atoms with E-state index in [1.165, 1.54) is 250 Å². The Morgan fingerprint density at radius 2 is 0.495 bits per heavy atom. The van der Waals surface area contributed by atoms with E-state index in [-0.39, 0.29) is 25.7 Å². The van der Waals surface area contributed by atoms with Crippen molar-refractivity contribution in [2.24, 2.45) is 17.8 Å². The SMILES string of the molecule is CCCCCCCCCCCCCCCCCC(=O)OC[C@H](COP(=O)(O)OC[C@@H](O)COP(=O)(O)OC[C@@H](COC(=O)CCCCCCCCCCCCC(C)C)OC(=O)CCCCCCCCCCCCC(C)C)OC(=O)CCCCCCCCCCCCCCCCCCCCC(C)CC. The molecule has 0 aromatic carbocycles. The van der Waals surface area contributed by atoms with Crippen molar-refractivity contribution < 1.29 is 80.2 Å². The standard InChI is InChI=1S/C84H164O17P2/c1-8-10-11-12-13-14-15-16-21-25-28-37-44-51-58-65-81(86)94-71-79(100-83(88)67-60-53-46-39-29-26-23-20-18-17-19-22-24-27-36-43-50-57-64-77(7)9-2)73-98-102(90,91)96-69-78(85)70-97-103(92,93)99-74-80(101-84(89)68-61-54-47-40-33-31-35-42-49-56-63-76(5)6)72-95-82(87)66-59-52-45-38-32-30-34-41-48-55-62-75(3)4/h75-80,85H,8-74H2,1-7H3,(H,90,91)(H,92,93)/t77?,78-,79-,80-/m1/s1. The summed E-state index contributed by atoms with van der Waals surface area (Å²) in [5.74, 6) is 0.275. The van der Waals surface area contributed by atoms with E-state index in [1.807, 2.05) is 0 Å². The van der Waals surface area contributed by atoms with Gasteiger partial charge in [-0.05, 0) is 43.4 Å². The number of hydrogen-bond acceptors (Lipinski definition) is 15. The summed E-state index contributed by atoms with van der Waals surface area (Å²) in [6, 6.07) is 0. The highest BCUT2D eigenvalue weighted by atomic mass is 31.2. The Labute approximate surface area is 632 Å². The van der Waals surface area contributed by atoms with Crippen molar-refractivity contribution in [3.05, 3.63) is 0 Å². The number of carbonyl (C=O) groups excluding carboxylic acids is 4. The van der Waals surface area contributed by atoms with Crippen LogP contribution in [0.1, 0.15) is 440 Å². The molecule has 0 radical (unpaired) electrons. The largest absolute Gasteiger partial charge is 0.472 e. The van der Waals surface area contributed by atoms with E-state index in [9.17, 15) is 43.2 Å². The molecular formula is C84H164O17P2. The summed E-state index contributed by atoms with van der Waals surface area (Å²) in [4.78, 5) is 73.2. The van der Waals surface area contributed by atoms with Gasteiger partial charge in [0.2, 0.25) is 0 Å². The molecule has 0 fully saturated rings. The van der Waals surface area contributed by atoms with Gasteiger partial charge in [0.25, 0.3) is 0 Å². The molecule has 19 heteroatoms. The number of carbonyl (C=O) groups is 4. The molecule has 0 aromatic heterocycles. The molecule has 0 saturated carbocycles. The summed E-state index contributed by atoms with van der Waals surface area (Å²) in [7, 11) is -9.93. The Morgan fingerprint density at radius 1 is 0.282 bits per heavy atom. The van der Waals surface area contributed by atoms with Gasteiger partial charge >= 0.3 is 39.5 Å². The van der Waals surface area contributed by atoms with E-state index < -0.39 is 97.5 Å². The molecule has 3 N–H and O–H groups in total. The molecule has 0 aliphatic rings. The third-order valence-corrected chi connectivity index (χ3v) is 21.9. The van der Waals surface area contributed by atoms with Crippen LogP contribution in [0, 0.1) is 17.8 Å². The van der Waals surface area contributed by atoms with Crippen molar-refractivity contribution in [2.75, 3.05) is 39.6 Å². The predicted octanol–water partition coefficient (Wildman–Crippen LogP) is 25.3. The average molecular weight is 1510 g/mol. The number of unbranched alkanes of at least 4 members (excludes halogenated alkanes) is 49. The number of rotatable bonds is 82. The van der Waals surface area contributed by atoms with E-state index >= 15 is 0 Å². The van der Waals surface area contributed by atoms with Gasteiger partial charge in [0.15, 0.2) is 12.2 Å². The quantitative estimate of drug-likeness (QED) is 0.0222. The number of phosphoric ester groups is 2. The van der Waals surface area contributed by atoms with Gasteiger partial charge in [-0.15, -0.1) is 0 Å². The zero-order chi connectivity index (χ0) is 75.8. The molecule has 6 atom stereocenters. The van der Waals surface area contributed by atoms with Crippen LogP contribution in [0.25, 0.3) is 0 Å². The van der Waals surface area contributed by atoms with Gasteiger partial charge in [0.1, 0.15) is 19.3 Å². The van der Waals surface area contributed by atoms with Crippen LogP contribution in [-0.4, -0.2) is 96.7 Å². The molecule has 0 aromatic rings. The van der Waals surface area contributed by atoms with Crippen LogP contribution in [0.3, 0.4) is 0 Å². The fraction of sp³-hybridized carbons (Fsp3) is 0.952. The first-order valence-corrected chi connectivity index (χ1v) is 46.4. The maximum absolute atomic E-state index is 13.1. The van der Waals surface area contributed by atoms with Crippen molar-refractivity contribution in [3.8, 4) is 0 Å². The number of aliphatic hydroxyl groups excluding tert-OH is 1. The van der Waals surface area contributed by atoms with E-state index in [1.54, 1.807) is 0 Å². The minimum absolute atomic E-state index is 0.106. The lowest BCUT2D eigenvalue weighted by Crippen LogP contribution is -2.30. The zero-order valence-electron chi connectivity index (χ0n) is 67.8. The van der Waals surface area contributed by atoms with Gasteiger partial charge in [-0.3, -0.25) is 37.3 Å². The van der Waals surface area contributed by atoms with Crippen LogP contribution in [0.2, 0.25) is 0 Å². The number of aliphatic hydroxyl groups is 1. The molecule has 0 heterocycles. The third kappa shape index (κ3) is 76.6. The summed E-state index contributed by atoms with van der Waals surface area (Å²) < 4.78 is 68.8. The molecule has 0 spiro atoms. The summed E-state index contributed by atoms with van der Waals surface area (Å²) in [6.07, 6.45) is 63.8. The molecule has 612 valence electrons. The second-order valence-electron chi connectivity index (χ2n) is 31.4. The molecular weight excluding hydrogens is 1340 g/mol. The first-order valence-electron chi connectivity index (χ1n) is 43.4. The Hall–Kier alpha value is -1.94. The third-order valence-electron chi connectivity index (χ3n) is 20.0. The minimum atomic E-state index is -4.96. The Morgan fingerprint density at radius 3 is 0.738 bits per heavy atom. The van der Waals surface area contributed by atoms with Gasteiger partial charge < -0.3 is 33.8 Å². The number of phosphoric acid groups is 2. The first kappa shape index (κ1) is 101. The fourth-order valence-electron chi connectivity index (χ4n) is 13.0. The molecule has 0 aliphatic heterocycles. The van der Waals surface area contributed by atoms with Gasteiger partial charge in [-0.1, -0.05) is 389 Å². The lowest BCUT2D eigenvalue weighted by Gasteiger charge is -2.21. The maximum Gasteiger partial charge on any atom is 0.472 e. The minimum Gasteiger partial charge on any atom is -0.462 e. The molecule has 3 unspecified atom stereocenters.